The maximum absolute atomic E-state index is 10.9. The van der Waals surface area contributed by atoms with Crippen LogP contribution in [0.3, 0.4) is 0 Å². The Labute approximate surface area is 107 Å². The second-order valence-electron chi connectivity index (χ2n) is 4.48. The van der Waals surface area contributed by atoms with Crippen molar-refractivity contribution in [3.05, 3.63) is 39.4 Å². The molecular weight excluding hydrogens is 232 g/mol. The van der Waals surface area contributed by atoms with E-state index in [2.05, 4.69) is 5.32 Å². The number of aliphatic hydroxyl groups excluding tert-OH is 1. The second kappa shape index (κ2) is 6.47. The number of rotatable bonds is 6. The van der Waals surface area contributed by atoms with Crippen molar-refractivity contribution in [2.75, 3.05) is 6.61 Å². The van der Waals surface area contributed by atoms with Gasteiger partial charge in [-0.15, -0.1) is 0 Å². The average molecular weight is 252 g/mol. The lowest BCUT2D eigenvalue weighted by Gasteiger charge is -2.20. The summed E-state index contributed by atoms with van der Waals surface area (Å²) in [5.41, 5.74) is 1.66. The number of hydrogen-bond acceptors (Lipinski definition) is 4. The lowest BCUT2D eigenvalue weighted by atomic mass is 10.0. The van der Waals surface area contributed by atoms with Gasteiger partial charge in [0.1, 0.15) is 0 Å². The standard InChI is InChI=1S/C13H20N2O3/c1-4-12(8-16)14-10(3)11-6-5-9(2)13(7-11)15(17)18/h5-7,10,12,14,16H,4,8H2,1-3H3/t10?,12-/m1/s1. The van der Waals surface area contributed by atoms with E-state index >= 15 is 0 Å². The van der Waals surface area contributed by atoms with Gasteiger partial charge in [0.05, 0.1) is 11.5 Å². The minimum Gasteiger partial charge on any atom is -0.395 e. The van der Waals surface area contributed by atoms with Crippen LogP contribution in [0, 0.1) is 17.0 Å². The van der Waals surface area contributed by atoms with Crippen LogP contribution in [0.15, 0.2) is 18.2 Å². The van der Waals surface area contributed by atoms with Crippen LogP contribution in [0.4, 0.5) is 5.69 Å². The predicted molar refractivity (Wildman–Crippen MR) is 70.5 cm³/mol. The van der Waals surface area contributed by atoms with E-state index in [1.54, 1.807) is 19.1 Å². The quantitative estimate of drug-likeness (QED) is 0.602. The molecule has 0 saturated carbocycles. The molecule has 100 valence electrons. The average Bonchev–Trinajstić information content (AvgIpc) is 2.35. The van der Waals surface area contributed by atoms with E-state index in [9.17, 15) is 10.1 Å². The summed E-state index contributed by atoms with van der Waals surface area (Å²) in [4.78, 5) is 10.5. The summed E-state index contributed by atoms with van der Waals surface area (Å²) in [7, 11) is 0. The fourth-order valence-electron chi connectivity index (χ4n) is 1.84. The summed E-state index contributed by atoms with van der Waals surface area (Å²) in [5, 5.41) is 23.3. The topological polar surface area (TPSA) is 75.4 Å². The molecule has 2 N–H and O–H groups in total. The van der Waals surface area contributed by atoms with Crippen LogP contribution in [0.2, 0.25) is 0 Å². The first-order valence-electron chi connectivity index (χ1n) is 6.11. The molecule has 5 nitrogen and oxygen atoms in total. The fraction of sp³-hybridized carbons (Fsp3) is 0.538. The molecule has 2 atom stereocenters. The van der Waals surface area contributed by atoms with Gasteiger partial charge >= 0.3 is 0 Å². The third kappa shape index (κ3) is 3.51. The van der Waals surface area contributed by atoms with Gasteiger partial charge in [-0.1, -0.05) is 19.1 Å². The molecule has 0 aliphatic carbocycles. The Morgan fingerprint density at radius 1 is 1.50 bits per heavy atom. The smallest absolute Gasteiger partial charge is 0.272 e. The van der Waals surface area contributed by atoms with E-state index in [1.807, 2.05) is 19.9 Å². The van der Waals surface area contributed by atoms with Gasteiger partial charge in [-0.05, 0) is 25.8 Å². The zero-order chi connectivity index (χ0) is 13.7. The maximum Gasteiger partial charge on any atom is 0.272 e. The SMILES string of the molecule is CC[C@H](CO)NC(C)c1ccc(C)c([N+](=O)[O-])c1. The molecule has 0 bridgehead atoms. The molecule has 18 heavy (non-hydrogen) atoms. The number of benzene rings is 1. The van der Waals surface area contributed by atoms with Gasteiger partial charge < -0.3 is 10.4 Å². The lowest BCUT2D eigenvalue weighted by molar-refractivity contribution is -0.385. The first kappa shape index (κ1) is 14.6. The van der Waals surface area contributed by atoms with Gasteiger partial charge in [-0.25, -0.2) is 0 Å². The third-order valence-electron chi connectivity index (χ3n) is 3.13. The normalized spacial score (nSPS) is 14.2. The first-order chi connectivity index (χ1) is 8.49. The van der Waals surface area contributed by atoms with E-state index < -0.39 is 0 Å². The number of nitrogens with one attached hydrogen (secondary N) is 1. The Morgan fingerprint density at radius 3 is 2.67 bits per heavy atom. The van der Waals surface area contributed by atoms with Crippen LogP contribution in [-0.4, -0.2) is 22.7 Å². The van der Waals surface area contributed by atoms with Gasteiger partial charge in [-0.2, -0.15) is 0 Å². The van der Waals surface area contributed by atoms with E-state index in [0.717, 1.165) is 12.0 Å². The van der Waals surface area contributed by atoms with Crippen LogP contribution in [0.25, 0.3) is 0 Å². The highest BCUT2D eigenvalue weighted by atomic mass is 16.6. The van der Waals surface area contributed by atoms with Gasteiger partial charge in [-0.3, -0.25) is 10.1 Å². The molecule has 0 aliphatic rings. The van der Waals surface area contributed by atoms with Crippen molar-refractivity contribution in [1.29, 1.82) is 0 Å². The monoisotopic (exact) mass is 252 g/mol. The van der Waals surface area contributed by atoms with Gasteiger partial charge in [0.15, 0.2) is 0 Å². The molecule has 0 saturated heterocycles. The van der Waals surface area contributed by atoms with Crippen LogP contribution in [0.1, 0.15) is 37.4 Å². The molecule has 0 heterocycles. The van der Waals surface area contributed by atoms with Gasteiger partial charge in [0, 0.05) is 23.7 Å². The molecule has 1 aromatic rings. The highest BCUT2D eigenvalue weighted by Crippen LogP contribution is 2.23. The van der Waals surface area contributed by atoms with Crippen LogP contribution < -0.4 is 5.32 Å². The zero-order valence-corrected chi connectivity index (χ0v) is 11.0. The molecule has 0 fully saturated rings. The number of nitrogens with zero attached hydrogens (tertiary/aromatic N) is 1. The van der Waals surface area contributed by atoms with Crippen molar-refractivity contribution >= 4 is 5.69 Å². The van der Waals surface area contributed by atoms with Crippen molar-refractivity contribution in [3.8, 4) is 0 Å². The Morgan fingerprint density at radius 2 is 2.17 bits per heavy atom. The van der Waals surface area contributed by atoms with E-state index in [1.165, 1.54) is 0 Å². The Kier molecular flexibility index (Phi) is 5.25. The highest BCUT2D eigenvalue weighted by Gasteiger charge is 2.16. The third-order valence-corrected chi connectivity index (χ3v) is 3.13. The number of hydrogen-bond donors (Lipinski definition) is 2. The maximum atomic E-state index is 10.9. The molecule has 0 aromatic heterocycles. The second-order valence-corrected chi connectivity index (χ2v) is 4.48. The highest BCUT2D eigenvalue weighted by molar-refractivity contribution is 5.43. The fourth-order valence-corrected chi connectivity index (χ4v) is 1.84. The summed E-state index contributed by atoms with van der Waals surface area (Å²) in [5.74, 6) is 0. The van der Waals surface area contributed by atoms with E-state index in [4.69, 9.17) is 5.11 Å². The molecule has 0 spiro atoms. The molecule has 0 aliphatic heterocycles. The van der Waals surface area contributed by atoms with Crippen molar-refractivity contribution in [2.45, 2.75) is 39.3 Å². The minimum absolute atomic E-state index is 0.0142. The van der Waals surface area contributed by atoms with Gasteiger partial charge in [0.2, 0.25) is 0 Å². The van der Waals surface area contributed by atoms with Crippen molar-refractivity contribution in [1.82, 2.24) is 5.32 Å². The zero-order valence-electron chi connectivity index (χ0n) is 11.0. The Hall–Kier alpha value is -1.46. The summed E-state index contributed by atoms with van der Waals surface area (Å²) in [6, 6.07) is 5.22. The molecule has 1 aromatic carbocycles. The molecule has 0 amide bonds. The largest absolute Gasteiger partial charge is 0.395 e. The number of nitro groups is 1. The minimum atomic E-state index is -0.366. The van der Waals surface area contributed by atoms with Crippen LogP contribution in [-0.2, 0) is 0 Å². The summed E-state index contributed by atoms with van der Waals surface area (Å²) >= 11 is 0. The number of aryl methyl sites for hydroxylation is 1. The van der Waals surface area contributed by atoms with Crippen molar-refractivity contribution in [3.63, 3.8) is 0 Å². The molecule has 5 heteroatoms. The van der Waals surface area contributed by atoms with Crippen molar-refractivity contribution in [2.24, 2.45) is 0 Å². The molecule has 0 radical (unpaired) electrons. The molecule has 1 rings (SSSR count). The van der Waals surface area contributed by atoms with Crippen LogP contribution in [0.5, 0.6) is 0 Å². The summed E-state index contributed by atoms with van der Waals surface area (Å²) in [6.45, 7) is 5.71. The Balaban J connectivity index is 2.89. The predicted octanol–water partition coefficient (Wildman–Crippen LogP) is 2.32. The van der Waals surface area contributed by atoms with Gasteiger partial charge in [0.25, 0.3) is 5.69 Å². The van der Waals surface area contributed by atoms with E-state index in [-0.39, 0.29) is 29.3 Å². The first-order valence-corrected chi connectivity index (χ1v) is 6.11. The lowest BCUT2D eigenvalue weighted by Crippen LogP contribution is -2.33. The number of nitro benzene ring substituents is 1. The number of aliphatic hydroxyl groups is 1. The molecule has 1 unspecified atom stereocenters. The summed E-state index contributed by atoms with van der Waals surface area (Å²) in [6.07, 6.45) is 0.814. The van der Waals surface area contributed by atoms with E-state index in [0.29, 0.717) is 5.56 Å². The Bertz CT molecular complexity index is 417. The van der Waals surface area contributed by atoms with Crippen LogP contribution >= 0.6 is 0 Å². The molecular formula is C13H20N2O3. The summed E-state index contributed by atoms with van der Waals surface area (Å²) < 4.78 is 0. The van der Waals surface area contributed by atoms with Crippen molar-refractivity contribution < 1.29 is 10.0 Å².